The lowest BCUT2D eigenvalue weighted by atomic mass is 10.2. The lowest BCUT2D eigenvalue weighted by Crippen LogP contribution is -2.30. The Hall–Kier alpha value is -1.55. The fraction of sp³-hybridized carbons (Fsp3) is 0.417. The average molecular weight is 218 g/mol. The molecular weight excluding hydrogens is 204 g/mol. The van der Waals surface area contributed by atoms with Crippen LogP contribution in [0.3, 0.4) is 0 Å². The van der Waals surface area contributed by atoms with E-state index in [4.69, 9.17) is 4.42 Å². The molecule has 0 radical (unpaired) electrons. The average Bonchev–Trinajstić information content (AvgIpc) is 2.89. The van der Waals surface area contributed by atoms with E-state index in [0.29, 0.717) is 18.2 Å². The van der Waals surface area contributed by atoms with Crippen molar-refractivity contribution in [2.45, 2.75) is 25.4 Å². The molecule has 4 heteroatoms. The minimum absolute atomic E-state index is 0.255. The van der Waals surface area contributed by atoms with Crippen LogP contribution in [0.15, 0.2) is 33.5 Å². The van der Waals surface area contributed by atoms with Crippen molar-refractivity contribution in [3.05, 3.63) is 34.8 Å². The van der Waals surface area contributed by atoms with Gasteiger partial charge < -0.3 is 9.73 Å². The number of para-hydroxylation sites is 2. The predicted molar refractivity (Wildman–Crippen MR) is 61.5 cm³/mol. The van der Waals surface area contributed by atoms with Crippen molar-refractivity contribution in [3.63, 3.8) is 0 Å². The number of hydrogen-bond donors (Lipinski definition) is 1. The zero-order valence-corrected chi connectivity index (χ0v) is 8.98. The van der Waals surface area contributed by atoms with E-state index in [0.717, 1.165) is 18.5 Å². The molecule has 1 atom stereocenters. The second-order valence-electron chi connectivity index (χ2n) is 4.24. The normalized spacial score (nSPS) is 20.6. The quantitative estimate of drug-likeness (QED) is 0.827. The summed E-state index contributed by atoms with van der Waals surface area (Å²) in [4.78, 5) is 11.7. The summed E-state index contributed by atoms with van der Waals surface area (Å²) >= 11 is 0. The minimum atomic E-state index is -0.255. The van der Waals surface area contributed by atoms with Crippen LogP contribution in [0, 0.1) is 0 Å². The summed E-state index contributed by atoms with van der Waals surface area (Å²) in [6.07, 6.45) is 2.32. The summed E-state index contributed by atoms with van der Waals surface area (Å²) in [6.45, 7) is 1.76. The Labute approximate surface area is 92.9 Å². The van der Waals surface area contributed by atoms with Gasteiger partial charge in [0.1, 0.15) is 0 Å². The van der Waals surface area contributed by atoms with Crippen molar-refractivity contribution in [3.8, 4) is 0 Å². The molecule has 84 valence electrons. The summed E-state index contributed by atoms with van der Waals surface area (Å²) in [5.41, 5.74) is 1.56. The Morgan fingerprint density at radius 2 is 2.31 bits per heavy atom. The van der Waals surface area contributed by atoms with Crippen molar-refractivity contribution >= 4 is 11.1 Å². The molecule has 1 fully saturated rings. The molecule has 1 N–H and O–H groups in total. The standard InChI is InChI=1S/C12H14N2O2/c15-12-14(8-9-4-3-7-13-9)10-5-1-2-6-11(10)16-12/h1-2,5-6,9,13H,3-4,7-8H2. The van der Waals surface area contributed by atoms with Gasteiger partial charge in [-0.15, -0.1) is 0 Å². The Morgan fingerprint density at radius 1 is 1.44 bits per heavy atom. The number of fused-ring (bicyclic) bond motifs is 1. The third-order valence-electron chi connectivity index (χ3n) is 3.14. The maximum absolute atomic E-state index is 11.7. The predicted octanol–water partition coefficient (Wildman–Crippen LogP) is 1.35. The largest absolute Gasteiger partial charge is 0.420 e. The molecule has 1 aromatic carbocycles. The molecule has 0 aliphatic carbocycles. The van der Waals surface area contributed by atoms with Crippen LogP contribution in [0.1, 0.15) is 12.8 Å². The van der Waals surface area contributed by atoms with Crippen LogP contribution in [0.5, 0.6) is 0 Å². The SMILES string of the molecule is O=c1oc2ccccc2n1CC1CCCN1. The molecule has 2 aromatic rings. The van der Waals surface area contributed by atoms with Gasteiger partial charge in [0, 0.05) is 12.6 Å². The smallest absolute Gasteiger partial charge is 0.408 e. The van der Waals surface area contributed by atoms with E-state index < -0.39 is 0 Å². The highest BCUT2D eigenvalue weighted by Crippen LogP contribution is 2.14. The molecule has 0 saturated carbocycles. The number of oxazole rings is 1. The van der Waals surface area contributed by atoms with Crippen LogP contribution in [0.4, 0.5) is 0 Å². The van der Waals surface area contributed by atoms with Crippen LogP contribution in [-0.4, -0.2) is 17.2 Å². The fourth-order valence-electron chi connectivity index (χ4n) is 2.32. The highest BCUT2D eigenvalue weighted by molar-refractivity contribution is 5.72. The van der Waals surface area contributed by atoms with Gasteiger partial charge >= 0.3 is 5.76 Å². The first-order valence-electron chi connectivity index (χ1n) is 5.66. The van der Waals surface area contributed by atoms with Crippen LogP contribution in [0.2, 0.25) is 0 Å². The molecule has 1 saturated heterocycles. The van der Waals surface area contributed by atoms with Crippen LogP contribution < -0.4 is 11.1 Å². The zero-order valence-electron chi connectivity index (χ0n) is 8.98. The molecule has 4 nitrogen and oxygen atoms in total. The molecule has 0 spiro atoms. The monoisotopic (exact) mass is 218 g/mol. The Balaban J connectivity index is 2.01. The summed E-state index contributed by atoms with van der Waals surface area (Å²) in [6, 6.07) is 7.96. The maximum atomic E-state index is 11.7. The third kappa shape index (κ3) is 1.55. The van der Waals surface area contributed by atoms with E-state index in [1.54, 1.807) is 4.57 Å². The number of rotatable bonds is 2. The van der Waals surface area contributed by atoms with E-state index in [9.17, 15) is 4.79 Å². The maximum Gasteiger partial charge on any atom is 0.420 e. The molecule has 0 amide bonds. The Morgan fingerprint density at radius 3 is 3.12 bits per heavy atom. The summed E-state index contributed by atoms with van der Waals surface area (Å²) < 4.78 is 6.91. The van der Waals surface area contributed by atoms with Gasteiger partial charge in [-0.1, -0.05) is 12.1 Å². The highest BCUT2D eigenvalue weighted by atomic mass is 16.4. The van der Waals surface area contributed by atoms with Gasteiger partial charge in [0.05, 0.1) is 5.52 Å². The molecular formula is C12H14N2O2. The summed E-state index contributed by atoms with van der Waals surface area (Å²) in [5, 5.41) is 3.39. The second kappa shape index (κ2) is 3.79. The molecule has 3 rings (SSSR count). The number of aromatic nitrogens is 1. The molecule has 1 aliphatic heterocycles. The summed E-state index contributed by atoms with van der Waals surface area (Å²) in [5.74, 6) is -0.255. The lowest BCUT2D eigenvalue weighted by Gasteiger charge is -2.09. The van der Waals surface area contributed by atoms with Crippen molar-refractivity contribution < 1.29 is 4.42 Å². The molecule has 1 aromatic heterocycles. The molecule has 16 heavy (non-hydrogen) atoms. The van der Waals surface area contributed by atoms with E-state index in [2.05, 4.69) is 5.32 Å². The van der Waals surface area contributed by atoms with E-state index in [1.807, 2.05) is 24.3 Å². The number of nitrogens with one attached hydrogen (secondary N) is 1. The second-order valence-corrected chi connectivity index (χ2v) is 4.24. The van der Waals surface area contributed by atoms with E-state index in [1.165, 1.54) is 6.42 Å². The van der Waals surface area contributed by atoms with Crippen molar-refractivity contribution in [2.24, 2.45) is 0 Å². The first kappa shape index (κ1) is 9.66. The van der Waals surface area contributed by atoms with Gasteiger partial charge in [-0.3, -0.25) is 4.57 Å². The van der Waals surface area contributed by atoms with Gasteiger partial charge in [-0.25, -0.2) is 4.79 Å². The molecule has 1 unspecified atom stereocenters. The molecule has 0 bridgehead atoms. The lowest BCUT2D eigenvalue weighted by molar-refractivity contribution is 0.456. The zero-order chi connectivity index (χ0) is 11.0. The minimum Gasteiger partial charge on any atom is -0.408 e. The number of nitrogens with zero attached hydrogens (tertiary/aromatic N) is 1. The van der Waals surface area contributed by atoms with Gasteiger partial charge in [-0.2, -0.15) is 0 Å². The van der Waals surface area contributed by atoms with Gasteiger partial charge in [0.15, 0.2) is 5.58 Å². The highest BCUT2D eigenvalue weighted by Gasteiger charge is 2.17. The molecule has 1 aliphatic rings. The van der Waals surface area contributed by atoms with Crippen molar-refractivity contribution in [1.29, 1.82) is 0 Å². The number of benzene rings is 1. The Bertz CT molecular complexity index is 549. The first-order valence-corrected chi connectivity index (χ1v) is 5.66. The van der Waals surface area contributed by atoms with Crippen molar-refractivity contribution in [1.82, 2.24) is 9.88 Å². The first-order chi connectivity index (χ1) is 7.84. The van der Waals surface area contributed by atoms with Gasteiger partial charge in [-0.05, 0) is 31.5 Å². The van der Waals surface area contributed by atoms with Crippen LogP contribution in [0.25, 0.3) is 11.1 Å². The number of hydrogen-bond acceptors (Lipinski definition) is 3. The van der Waals surface area contributed by atoms with Crippen LogP contribution in [-0.2, 0) is 6.54 Å². The van der Waals surface area contributed by atoms with Gasteiger partial charge in [0.2, 0.25) is 0 Å². The topological polar surface area (TPSA) is 47.2 Å². The summed E-state index contributed by atoms with van der Waals surface area (Å²) in [7, 11) is 0. The van der Waals surface area contributed by atoms with E-state index >= 15 is 0 Å². The fourth-order valence-corrected chi connectivity index (χ4v) is 2.32. The van der Waals surface area contributed by atoms with E-state index in [-0.39, 0.29) is 5.76 Å². The van der Waals surface area contributed by atoms with Crippen LogP contribution >= 0.6 is 0 Å². The Kier molecular flexibility index (Phi) is 2.29. The molecule has 2 heterocycles. The van der Waals surface area contributed by atoms with Crippen molar-refractivity contribution in [2.75, 3.05) is 6.54 Å². The third-order valence-corrected chi connectivity index (χ3v) is 3.14. The van der Waals surface area contributed by atoms with Gasteiger partial charge in [0.25, 0.3) is 0 Å².